The number of rotatable bonds is 5. The van der Waals surface area contributed by atoms with E-state index in [1.54, 1.807) is 17.4 Å². The van der Waals surface area contributed by atoms with Gasteiger partial charge in [-0.1, -0.05) is 23.2 Å². The molecule has 2 nitrogen and oxygen atoms in total. The minimum absolute atomic E-state index is 0.648. The van der Waals surface area contributed by atoms with Crippen LogP contribution in [0.25, 0.3) is 11.3 Å². The van der Waals surface area contributed by atoms with E-state index in [9.17, 15) is 0 Å². The third-order valence-corrected chi connectivity index (χ3v) is 4.56. The molecule has 1 saturated carbocycles. The van der Waals surface area contributed by atoms with E-state index in [0.717, 1.165) is 35.3 Å². The first-order valence-electron chi connectivity index (χ1n) is 6.33. The average Bonchev–Trinajstić information content (AvgIpc) is 3.07. The van der Waals surface area contributed by atoms with E-state index in [1.165, 1.54) is 12.8 Å². The Morgan fingerprint density at radius 1 is 1.32 bits per heavy atom. The Kier molecular flexibility index (Phi) is 4.08. The van der Waals surface area contributed by atoms with Crippen LogP contribution in [0.2, 0.25) is 10.0 Å². The van der Waals surface area contributed by atoms with Gasteiger partial charge in [0.25, 0.3) is 0 Å². The highest BCUT2D eigenvalue weighted by Crippen LogP contribution is 2.31. The molecule has 0 aliphatic heterocycles. The van der Waals surface area contributed by atoms with Crippen molar-refractivity contribution < 1.29 is 0 Å². The molecule has 0 amide bonds. The zero-order valence-corrected chi connectivity index (χ0v) is 12.7. The number of nitrogens with one attached hydrogen (secondary N) is 1. The van der Waals surface area contributed by atoms with E-state index < -0.39 is 0 Å². The quantitative estimate of drug-likeness (QED) is 0.871. The summed E-state index contributed by atoms with van der Waals surface area (Å²) >= 11 is 13.8. The van der Waals surface area contributed by atoms with Crippen molar-refractivity contribution in [2.75, 3.05) is 6.54 Å². The van der Waals surface area contributed by atoms with Crippen molar-refractivity contribution >= 4 is 34.5 Å². The predicted octanol–water partition coefficient (Wildman–Crippen LogP) is 4.62. The lowest BCUT2D eigenvalue weighted by molar-refractivity contribution is 0.637. The molecule has 1 heterocycles. The fourth-order valence-electron chi connectivity index (χ4n) is 1.92. The maximum atomic E-state index is 6.19. The summed E-state index contributed by atoms with van der Waals surface area (Å²) in [5.74, 6) is 0.894. The highest BCUT2D eigenvalue weighted by atomic mass is 35.5. The summed E-state index contributed by atoms with van der Waals surface area (Å²) < 4.78 is 0. The van der Waals surface area contributed by atoms with Gasteiger partial charge in [0, 0.05) is 22.5 Å². The molecule has 0 spiro atoms. The van der Waals surface area contributed by atoms with Gasteiger partial charge in [-0.2, -0.15) is 0 Å². The molecule has 1 aliphatic rings. The lowest BCUT2D eigenvalue weighted by Gasteiger charge is -2.01. The van der Waals surface area contributed by atoms with E-state index in [4.69, 9.17) is 23.2 Å². The average molecular weight is 313 g/mol. The van der Waals surface area contributed by atoms with Gasteiger partial charge in [-0.25, -0.2) is 4.98 Å². The molecule has 2 aromatic rings. The standard InChI is InChI=1S/C14H14Cl2N2S/c15-10-3-4-11(12(16)5-10)13-8-19-14(18-13)7-17-6-9-1-2-9/h3-5,8-9,17H,1-2,6-7H2. The molecule has 0 radical (unpaired) electrons. The molecule has 1 aromatic carbocycles. The maximum Gasteiger partial charge on any atom is 0.107 e. The van der Waals surface area contributed by atoms with Gasteiger partial charge in [0.15, 0.2) is 0 Å². The first-order valence-corrected chi connectivity index (χ1v) is 7.96. The molecule has 5 heteroatoms. The number of aromatic nitrogens is 1. The third-order valence-electron chi connectivity index (χ3n) is 3.16. The van der Waals surface area contributed by atoms with Crippen LogP contribution >= 0.6 is 34.5 Å². The van der Waals surface area contributed by atoms with Crippen LogP contribution in [0.15, 0.2) is 23.6 Å². The number of thiazole rings is 1. The van der Waals surface area contributed by atoms with Crippen molar-refractivity contribution in [1.82, 2.24) is 10.3 Å². The van der Waals surface area contributed by atoms with E-state index in [-0.39, 0.29) is 0 Å². The number of hydrogen-bond donors (Lipinski definition) is 1. The summed E-state index contributed by atoms with van der Waals surface area (Å²) in [6.07, 6.45) is 2.74. The fraction of sp³-hybridized carbons (Fsp3) is 0.357. The van der Waals surface area contributed by atoms with E-state index in [1.807, 2.05) is 17.5 Å². The second-order valence-electron chi connectivity index (χ2n) is 4.82. The van der Waals surface area contributed by atoms with Crippen LogP contribution in [0.5, 0.6) is 0 Å². The Labute approximate surface area is 126 Å². The van der Waals surface area contributed by atoms with E-state index in [2.05, 4.69) is 10.3 Å². The molecule has 0 bridgehead atoms. The van der Waals surface area contributed by atoms with Gasteiger partial charge >= 0.3 is 0 Å². The number of nitrogens with zero attached hydrogens (tertiary/aromatic N) is 1. The number of hydrogen-bond acceptors (Lipinski definition) is 3. The van der Waals surface area contributed by atoms with Crippen LogP contribution in [0, 0.1) is 5.92 Å². The predicted molar refractivity (Wildman–Crippen MR) is 82.0 cm³/mol. The molecular weight excluding hydrogens is 299 g/mol. The fourth-order valence-corrected chi connectivity index (χ4v) is 3.19. The van der Waals surface area contributed by atoms with Gasteiger partial charge in [-0.3, -0.25) is 0 Å². The lowest BCUT2D eigenvalue weighted by Crippen LogP contribution is -2.15. The van der Waals surface area contributed by atoms with Crippen molar-refractivity contribution in [2.24, 2.45) is 5.92 Å². The monoisotopic (exact) mass is 312 g/mol. The second kappa shape index (κ2) is 5.80. The molecule has 1 fully saturated rings. The molecule has 0 atom stereocenters. The summed E-state index contributed by atoms with van der Waals surface area (Å²) in [6, 6.07) is 5.51. The van der Waals surface area contributed by atoms with Crippen molar-refractivity contribution in [3.63, 3.8) is 0 Å². The van der Waals surface area contributed by atoms with E-state index in [0.29, 0.717) is 10.0 Å². The number of halogens is 2. The minimum Gasteiger partial charge on any atom is -0.310 e. The van der Waals surface area contributed by atoms with Gasteiger partial charge in [0.05, 0.1) is 10.7 Å². The summed E-state index contributed by atoms with van der Waals surface area (Å²) in [5.41, 5.74) is 1.87. The highest BCUT2D eigenvalue weighted by Gasteiger charge is 2.20. The zero-order valence-electron chi connectivity index (χ0n) is 10.3. The van der Waals surface area contributed by atoms with Crippen molar-refractivity contribution in [3.05, 3.63) is 38.6 Å². The molecule has 1 N–H and O–H groups in total. The lowest BCUT2D eigenvalue weighted by atomic mass is 10.2. The van der Waals surface area contributed by atoms with Crippen LogP contribution < -0.4 is 5.32 Å². The molecule has 100 valence electrons. The van der Waals surface area contributed by atoms with Gasteiger partial charge in [-0.15, -0.1) is 11.3 Å². The summed E-state index contributed by atoms with van der Waals surface area (Å²) in [4.78, 5) is 4.62. The Bertz CT molecular complexity index is 579. The van der Waals surface area contributed by atoms with Gasteiger partial charge in [0.2, 0.25) is 0 Å². The Hall–Kier alpha value is -0.610. The highest BCUT2D eigenvalue weighted by molar-refractivity contribution is 7.09. The Balaban J connectivity index is 1.68. The Morgan fingerprint density at radius 2 is 2.16 bits per heavy atom. The van der Waals surface area contributed by atoms with Crippen LogP contribution in [0.3, 0.4) is 0 Å². The summed E-state index contributed by atoms with van der Waals surface area (Å²) in [7, 11) is 0. The first kappa shape index (κ1) is 13.4. The van der Waals surface area contributed by atoms with Gasteiger partial charge in [-0.05, 0) is 43.5 Å². The van der Waals surface area contributed by atoms with Crippen molar-refractivity contribution in [3.8, 4) is 11.3 Å². The van der Waals surface area contributed by atoms with Crippen LogP contribution in [-0.4, -0.2) is 11.5 Å². The zero-order chi connectivity index (χ0) is 13.2. The molecular formula is C14H14Cl2N2S. The second-order valence-corrected chi connectivity index (χ2v) is 6.61. The van der Waals surface area contributed by atoms with Crippen molar-refractivity contribution in [1.29, 1.82) is 0 Å². The van der Waals surface area contributed by atoms with Crippen LogP contribution in [-0.2, 0) is 6.54 Å². The topological polar surface area (TPSA) is 24.9 Å². The largest absolute Gasteiger partial charge is 0.310 e. The van der Waals surface area contributed by atoms with E-state index >= 15 is 0 Å². The normalized spacial score (nSPS) is 14.8. The molecule has 0 saturated heterocycles. The van der Waals surface area contributed by atoms with Crippen LogP contribution in [0.1, 0.15) is 17.8 Å². The molecule has 3 rings (SSSR count). The molecule has 1 aromatic heterocycles. The van der Waals surface area contributed by atoms with Crippen molar-refractivity contribution in [2.45, 2.75) is 19.4 Å². The third kappa shape index (κ3) is 3.48. The SMILES string of the molecule is Clc1ccc(-c2csc(CNCC3CC3)n2)c(Cl)c1. The van der Waals surface area contributed by atoms with Crippen LogP contribution in [0.4, 0.5) is 0 Å². The summed E-state index contributed by atoms with van der Waals surface area (Å²) in [5, 5.41) is 7.89. The smallest absolute Gasteiger partial charge is 0.107 e. The molecule has 1 aliphatic carbocycles. The Morgan fingerprint density at radius 3 is 2.89 bits per heavy atom. The van der Waals surface area contributed by atoms with Gasteiger partial charge < -0.3 is 5.32 Å². The summed E-state index contributed by atoms with van der Waals surface area (Å²) in [6.45, 7) is 1.95. The first-order chi connectivity index (χ1) is 9.22. The minimum atomic E-state index is 0.648. The molecule has 0 unspecified atom stereocenters. The number of benzene rings is 1. The maximum absolute atomic E-state index is 6.19. The molecule has 19 heavy (non-hydrogen) atoms. The van der Waals surface area contributed by atoms with Gasteiger partial charge in [0.1, 0.15) is 5.01 Å².